The highest BCUT2D eigenvalue weighted by Crippen LogP contribution is 2.34. The maximum atomic E-state index is 12.2. The van der Waals surface area contributed by atoms with E-state index in [0.29, 0.717) is 17.9 Å². The Morgan fingerprint density at radius 2 is 1.90 bits per heavy atom. The zero-order chi connectivity index (χ0) is 21.5. The van der Waals surface area contributed by atoms with Crippen molar-refractivity contribution >= 4 is 12.0 Å². The smallest absolute Gasteiger partial charge is 0.338 e. The molecule has 2 aromatic rings. The van der Waals surface area contributed by atoms with E-state index in [1.54, 1.807) is 6.92 Å². The third-order valence-electron chi connectivity index (χ3n) is 5.32. The summed E-state index contributed by atoms with van der Waals surface area (Å²) in [6.45, 7) is 8.02. The van der Waals surface area contributed by atoms with Gasteiger partial charge in [-0.2, -0.15) is 0 Å². The molecule has 1 aliphatic heterocycles. The summed E-state index contributed by atoms with van der Waals surface area (Å²) in [5.74, 6) is 0.00636. The highest BCUT2D eigenvalue weighted by Gasteiger charge is 2.23. The van der Waals surface area contributed by atoms with Gasteiger partial charge < -0.3 is 15.4 Å². The Morgan fingerprint density at radius 1 is 1.13 bits per heavy atom. The van der Waals surface area contributed by atoms with Gasteiger partial charge in [0.05, 0.1) is 6.04 Å². The summed E-state index contributed by atoms with van der Waals surface area (Å²) in [7, 11) is 0. The third kappa shape index (κ3) is 5.50. The topological polar surface area (TPSA) is 67.4 Å². The van der Waals surface area contributed by atoms with Crippen LogP contribution in [-0.4, -0.2) is 18.5 Å². The molecule has 0 saturated carbocycles. The van der Waals surface area contributed by atoms with E-state index in [0.717, 1.165) is 23.1 Å². The summed E-state index contributed by atoms with van der Waals surface area (Å²) in [4.78, 5) is 23.7. The molecule has 1 aliphatic rings. The van der Waals surface area contributed by atoms with Gasteiger partial charge in [-0.05, 0) is 42.5 Å². The molecule has 1 atom stereocenters. The number of esters is 1. The van der Waals surface area contributed by atoms with Gasteiger partial charge in [0, 0.05) is 17.7 Å². The van der Waals surface area contributed by atoms with E-state index in [1.807, 2.05) is 18.2 Å². The summed E-state index contributed by atoms with van der Waals surface area (Å²) >= 11 is 0. The SMILES string of the molecule is C=C(C)C(=O)Oc1cc(C2CNC(=O)N2)ccc1-c1ccc(CCCCCC)cc1. The molecule has 158 valence electrons. The molecule has 1 saturated heterocycles. The summed E-state index contributed by atoms with van der Waals surface area (Å²) in [5.41, 5.74) is 4.35. The second kappa shape index (κ2) is 10.1. The molecule has 0 aromatic heterocycles. The largest absolute Gasteiger partial charge is 0.423 e. The van der Waals surface area contributed by atoms with Crippen LogP contribution in [0.1, 0.15) is 56.7 Å². The van der Waals surface area contributed by atoms with Crippen LogP contribution >= 0.6 is 0 Å². The van der Waals surface area contributed by atoms with Crippen molar-refractivity contribution in [1.82, 2.24) is 10.6 Å². The third-order valence-corrected chi connectivity index (χ3v) is 5.32. The number of benzene rings is 2. The molecule has 2 aromatic carbocycles. The van der Waals surface area contributed by atoms with Crippen LogP contribution < -0.4 is 15.4 Å². The number of unbranched alkanes of at least 4 members (excludes halogenated alkanes) is 3. The number of ether oxygens (including phenoxy) is 1. The predicted molar refractivity (Wildman–Crippen MR) is 119 cm³/mol. The molecule has 5 heteroatoms. The number of hydrogen-bond donors (Lipinski definition) is 2. The van der Waals surface area contributed by atoms with Gasteiger partial charge in [0.15, 0.2) is 0 Å². The van der Waals surface area contributed by atoms with Gasteiger partial charge >= 0.3 is 12.0 Å². The Labute approximate surface area is 178 Å². The Kier molecular flexibility index (Phi) is 7.28. The lowest BCUT2D eigenvalue weighted by atomic mass is 9.97. The van der Waals surface area contributed by atoms with Crippen molar-refractivity contribution in [1.29, 1.82) is 0 Å². The van der Waals surface area contributed by atoms with Gasteiger partial charge in [0.2, 0.25) is 0 Å². The number of carbonyl (C=O) groups is 2. The van der Waals surface area contributed by atoms with Crippen LogP contribution in [0.3, 0.4) is 0 Å². The van der Waals surface area contributed by atoms with E-state index < -0.39 is 5.97 Å². The van der Waals surface area contributed by atoms with Gasteiger partial charge in [-0.1, -0.05) is 69.2 Å². The van der Waals surface area contributed by atoms with Gasteiger partial charge in [-0.3, -0.25) is 0 Å². The van der Waals surface area contributed by atoms with Gasteiger partial charge in [-0.15, -0.1) is 0 Å². The zero-order valence-electron chi connectivity index (χ0n) is 17.8. The fourth-order valence-electron chi connectivity index (χ4n) is 3.53. The minimum atomic E-state index is -0.463. The quantitative estimate of drug-likeness (QED) is 0.257. The Hall–Kier alpha value is -3.08. The number of urea groups is 1. The minimum Gasteiger partial charge on any atom is -0.423 e. The van der Waals surface area contributed by atoms with Crippen LogP contribution in [0, 0.1) is 0 Å². The molecule has 2 amide bonds. The molecule has 5 nitrogen and oxygen atoms in total. The second-order valence-corrected chi connectivity index (χ2v) is 7.84. The van der Waals surface area contributed by atoms with Crippen molar-refractivity contribution in [3.05, 3.63) is 65.7 Å². The fourth-order valence-corrected chi connectivity index (χ4v) is 3.53. The van der Waals surface area contributed by atoms with E-state index in [4.69, 9.17) is 4.74 Å². The van der Waals surface area contributed by atoms with Crippen LogP contribution in [0.5, 0.6) is 5.75 Å². The predicted octanol–water partition coefficient (Wildman–Crippen LogP) is 5.31. The Balaban J connectivity index is 1.84. The van der Waals surface area contributed by atoms with E-state index >= 15 is 0 Å². The normalized spacial score (nSPS) is 15.4. The molecule has 0 bridgehead atoms. The molecular formula is C25H30N2O3. The minimum absolute atomic E-state index is 0.153. The van der Waals surface area contributed by atoms with Crippen LogP contribution in [-0.2, 0) is 11.2 Å². The average Bonchev–Trinajstić information content (AvgIpc) is 3.18. The first-order valence-electron chi connectivity index (χ1n) is 10.6. The number of nitrogens with one attached hydrogen (secondary N) is 2. The molecule has 30 heavy (non-hydrogen) atoms. The van der Waals surface area contributed by atoms with Crippen molar-refractivity contribution < 1.29 is 14.3 Å². The lowest BCUT2D eigenvalue weighted by Crippen LogP contribution is -2.21. The van der Waals surface area contributed by atoms with E-state index in [-0.39, 0.29) is 12.1 Å². The van der Waals surface area contributed by atoms with Crippen LogP contribution in [0.15, 0.2) is 54.6 Å². The number of rotatable bonds is 9. The summed E-state index contributed by atoms with van der Waals surface area (Å²) in [6.07, 6.45) is 6.04. The maximum Gasteiger partial charge on any atom is 0.338 e. The average molecular weight is 407 g/mol. The lowest BCUT2D eigenvalue weighted by Gasteiger charge is -2.15. The second-order valence-electron chi connectivity index (χ2n) is 7.84. The van der Waals surface area contributed by atoms with Crippen molar-refractivity contribution in [2.45, 2.75) is 52.0 Å². The Morgan fingerprint density at radius 3 is 2.53 bits per heavy atom. The highest BCUT2D eigenvalue weighted by atomic mass is 16.5. The highest BCUT2D eigenvalue weighted by molar-refractivity contribution is 5.90. The molecule has 1 heterocycles. The number of hydrogen-bond acceptors (Lipinski definition) is 3. The van der Waals surface area contributed by atoms with Crippen LogP contribution in [0.4, 0.5) is 4.79 Å². The van der Waals surface area contributed by atoms with Crippen LogP contribution in [0.25, 0.3) is 11.1 Å². The first-order valence-corrected chi connectivity index (χ1v) is 10.6. The van der Waals surface area contributed by atoms with Crippen LogP contribution in [0.2, 0.25) is 0 Å². The number of aryl methyl sites for hydroxylation is 1. The maximum absolute atomic E-state index is 12.2. The van der Waals surface area contributed by atoms with E-state index in [9.17, 15) is 9.59 Å². The van der Waals surface area contributed by atoms with E-state index in [1.165, 1.54) is 31.2 Å². The number of carbonyl (C=O) groups excluding carboxylic acids is 2. The monoisotopic (exact) mass is 406 g/mol. The van der Waals surface area contributed by atoms with E-state index in [2.05, 4.69) is 48.4 Å². The molecule has 0 radical (unpaired) electrons. The first kappa shape index (κ1) is 21.6. The molecular weight excluding hydrogens is 376 g/mol. The van der Waals surface area contributed by atoms with Gasteiger partial charge in [0.1, 0.15) is 5.75 Å². The lowest BCUT2D eigenvalue weighted by molar-refractivity contribution is -0.130. The molecule has 2 N–H and O–H groups in total. The fraction of sp³-hybridized carbons (Fsp3) is 0.360. The molecule has 0 aliphatic carbocycles. The van der Waals surface area contributed by atoms with Crippen molar-refractivity contribution in [3.8, 4) is 16.9 Å². The Bertz CT molecular complexity index is 918. The molecule has 3 rings (SSSR count). The number of amides is 2. The van der Waals surface area contributed by atoms with Crippen molar-refractivity contribution in [2.24, 2.45) is 0 Å². The zero-order valence-corrected chi connectivity index (χ0v) is 17.8. The van der Waals surface area contributed by atoms with Crippen molar-refractivity contribution in [3.63, 3.8) is 0 Å². The molecule has 1 fully saturated rings. The summed E-state index contributed by atoms with van der Waals surface area (Å²) in [6, 6.07) is 13.8. The van der Waals surface area contributed by atoms with Gasteiger partial charge in [-0.25, -0.2) is 9.59 Å². The summed E-state index contributed by atoms with van der Waals surface area (Å²) < 4.78 is 5.64. The van der Waals surface area contributed by atoms with Gasteiger partial charge in [0.25, 0.3) is 0 Å². The summed E-state index contributed by atoms with van der Waals surface area (Å²) in [5, 5.41) is 5.61. The first-order chi connectivity index (χ1) is 14.5. The molecule has 0 spiro atoms. The molecule has 1 unspecified atom stereocenters. The van der Waals surface area contributed by atoms with Crippen molar-refractivity contribution in [2.75, 3.05) is 6.54 Å². The standard InChI is InChI=1S/C25H30N2O3/c1-4-5-6-7-8-18-9-11-19(12-10-18)21-14-13-20(22-16-26-25(29)27-22)15-23(21)30-24(28)17(2)3/h9-15,22H,2,4-8,16H2,1,3H3,(H2,26,27,29).